The van der Waals surface area contributed by atoms with Crippen LogP contribution in [0.25, 0.3) is 0 Å². The summed E-state index contributed by atoms with van der Waals surface area (Å²) in [7, 11) is 0. The van der Waals surface area contributed by atoms with Crippen molar-refractivity contribution >= 4 is 17.9 Å². The highest BCUT2D eigenvalue weighted by Crippen LogP contribution is 2.11. The Balaban J connectivity index is 4.63. The minimum atomic E-state index is -0.848. The van der Waals surface area contributed by atoms with Crippen LogP contribution in [0, 0.1) is 0 Å². The molecule has 0 saturated heterocycles. The van der Waals surface area contributed by atoms with Crippen LogP contribution in [0.2, 0.25) is 0 Å². The van der Waals surface area contributed by atoms with Crippen LogP contribution in [0.5, 0.6) is 0 Å². The average molecular weight is 851 g/mol. The summed E-state index contributed by atoms with van der Waals surface area (Å²) in [6.07, 6.45) is 70.9. The van der Waals surface area contributed by atoms with E-state index >= 15 is 0 Å². The Morgan fingerprint density at radius 2 is 0.645 bits per heavy atom. The monoisotopic (exact) mass is 851 g/mol. The summed E-state index contributed by atoms with van der Waals surface area (Å²) < 4.78 is 16.6. The van der Waals surface area contributed by atoms with E-state index in [1.165, 1.54) is 19.3 Å². The Morgan fingerprint density at radius 1 is 0.339 bits per heavy atom. The SMILES string of the molecule is CC/C=C/C=C/C=C/C=C/C=C/CCCC(=O)OC(COC(=O)CCCCC/C=C/C=C/C=C/C=C/CC)COC(=O)CCCCCCC/C=C/C=C/C=C/C=C/CCCCC. The van der Waals surface area contributed by atoms with Crippen molar-refractivity contribution in [2.45, 2.75) is 162 Å². The van der Waals surface area contributed by atoms with Crippen molar-refractivity contribution in [1.82, 2.24) is 0 Å². The molecule has 62 heavy (non-hydrogen) atoms. The zero-order valence-electron chi connectivity index (χ0n) is 38.8. The second-order valence-corrected chi connectivity index (χ2v) is 14.9. The fourth-order valence-electron chi connectivity index (χ4n) is 5.55. The predicted octanol–water partition coefficient (Wildman–Crippen LogP) is 15.5. The molecule has 0 N–H and O–H groups in total. The lowest BCUT2D eigenvalue weighted by molar-refractivity contribution is -0.167. The van der Waals surface area contributed by atoms with Crippen molar-refractivity contribution in [2.75, 3.05) is 13.2 Å². The zero-order valence-corrected chi connectivity index (χ0v) is 38.8. The van der Waals surface area contributed by atoms with E-state index < -0.39 is 12.1 Å². The minimum absolute atomic E-state index is 0.140. The molecule has 6 heteroatoms. The Labute approximate surface area is 378 Å². The first-order valence-corrected chi connectivity index (χ1v) is 23.7. The van der Waals surface area contributed by atoms with Crippen LogP contribution in [-0.4, -0.2) is 37.2 Å². The lowest BCUT2D eigenvalue weighted by atomic mass is 10.1. The molecule has 0 fully saturated rings. The highest BCUT2D eigenvalue weighted by molar-refractivity contribution is 5.71. The molecule has 0 spiro atoms. The first kappa shape index (κ1) is 57.0. The van der Waals surface area contributed by atoms with Gasteiger partial charge in [-0.3, -0.25) is 14.4 Å². The van der Waals surface area contributed by atoms with E-state index in [-0.39, 0.29) is 38.0 Å². The van der Waals surface area contributed by atoms with Crippen molar-refractivity contribution in [2.24, 2.45) is 0 Å². The molecule has 0 aliphatic carbocycles. The summed E-state index contributed by atoms with van der Waals surface area (Å²) in [5, 5.41) is 0. The summed E-state index contributed by atoms with van der Waals surface area (Å²) in [4.78, 5) is 37.8. The molecule has 0 radical (unpaired) electrons. The first-order valence-electron chi connectivity index (χ1n) is 23.7. The summed E-state index contributed by atoms with van der Waals surface area (Å²) in [6, 6.07) is 0. The Morgan fingerprint density at radius 3 is 1.05 bits per heavy atom. The van der Waals surface area contributed by atoms with Crippen LogP contribution in [0.3, 0.4) is 0 Å². The molecule has 0 aromatic rings. The lowest BCUT2D eigenvalue weighted by Crippen LogP contribution is -2.30. The number of carbonyl (C=O) groups is 3. The van der Waals surface area contributed by atoms with Gasteiger partial charge in [-0.05, 0) is 77.0 Å². The first-order chi connectivity index (χ1) is 30.5. The van der Waals surface area contributed by atoms with Gasteiger partial charge >= 0.3 is 17.9 Å². The van der Waals surface area contributed by atoms with Gasteiger partial charge in [-0.15, -0.1) is 0 Å². The standard InChI is InChI=1S/C56H82O6/c1-4-7-10-13-16-19-22-25-26-27-28-29-32-34-37-40-43-46-49-55(58)61-52-53(62-56(59)50-47-44-41-38-35-31-24-21-18-15-12-9-6-3)51-60-54(57)48-45-42-39-36-33-30-23-20-17-14-11-8-5-2/h8-9,11-12,14-31,33,35,38,41,53H,4-7,10,13,32,34,36-37,39-40,42-52H2,1-3H3/b11-8+,12-9+,17-14+,18-15+,19-16+,23-20+,24-21+,25-22+,27-26+,29-28+,33-30+,35-31+,41-38+. The van der Waals surface area contributed by atoms with Gasteiger partial charge in [0.15, 0.2) is 6.10 Å². The van der Waals surface area contributed by atoms with Gasteiger partial charge in [0.05, 0.1) is 0 Å². The second kappa shape index (κ2) is 48.7. The van der Waals surface area contributed by atoms with Crippen LogP contribution in [-0.2, 0) is 28.6 Å². The molecular weight excluding hydrogens is 769 g/mol. The zero-order chi connectivity index (χ0) is 45.1. The van der Waals surface area contributed by atoms with E-state index in [4.69, 9.17) is 14.2 Å². The number of unbranched alkanes of at least 4 members (excludes halogenated alkanes) is 12. The van der Waals surface area contributed by atoms with Gasteiger partial charge in [0.2, 0.25) is 0 Å². The van der Waals surface area contributed by atoms with E-state index in [2.05, 4.69) is 81.5 Å². The van der Waals surface area contributed by atoms with Gasteiger partial charge in [0.25, 0.3) is 0 Å². The largest absolute Gasteiger partial charge is 0.462 e. The smallest absolute Gasteiger partial charge is 0.306 e. The van der Waals surface area contributed by atoms with Crippen LogP contribution in [0.4, 0.5) is 0 Å². The predicted molar refractivity (Wildman–Crippen MR) is 265 cm³/mol. The molecule has 0 heterocycles. The van der Waals surface area contributed by atoms with Crippen molar-refractivity contribution in [3.05, 3.63) is 158 Å². The fraction of sp³-hybridized carbons (Fsp3) is 0.482. The van der Waals surface area contributed by atoms with Gasteiger partial charge in [-0.25, -0.2) is 0 Å². The maximum atomic E-state index is 12.7. The van der Waals surface area contributed by atoms with Gasteiger partial charge in [-0.1, -0.05) is 217 Å². The number of hydrogen-bond acceptors (Lipinski definition) is 6. The molecular formula is C56H82O6. The van der Waals surface area contributed by atoms with Crippen molar-refractivity contribution in [3.8, 4) is 0 Å². The molecule has 1 unspecified atom stereocenters. The highest BCUT2D eigenvalue weighted by Gasteiger charge is 2.19. The van der Waals surface area contributed by atoms with Crippen LogP contribution < -0.4 is 0 Å². The number of ether oxygens (including phenoxy) is 3. The van der Waals surface area contributed by atoms with E-state index in [0.29, 0.717) is 25.7 Å². The van der Waals surface area contributed by atoms with Crippen LogP contribution >= 0.6 is 0 Å². The summed E-state index contributed by atoms with van der Waals surface area (Å²) >= 11 is 0. The summed E-state index contributed by atoms with van der Waals surface area (Å²) in [6.45, 7) is 6.15. The molecule has 6 nitrogen and oxygen atoms in total. The normalized spacial score (nSPS) is 13.5. The molecule has 0 bridgehead atoms. The third-order valence-corrected chi connectivity index (χ3v) is 9.06. The third-order valence-electron chi connectivity index (χ3n) is 9.06. The molecule has 0 saturated carbocycles. The van der Waals surface area contributed by atoms with Crippen LogP contribution in [0.1, 0.15) is 156 Å². The number of rotatable bonds is 39. The molecule has 1 atom stereocenters. The van der Waals surface area contributed by atoms with E-state index in [1.807, 2.05) is 97.2 Å². The maximum Gasteiger partial charge on any atom is 0.306 e. The molecule has 0 aromatic carbocycles. The van der Waals surface area contributed by atoms with Gasteiger partial charge in [0, 0.05) is 19.3 Å². The Hall–Kier alpha value is -4.97. The minimum Gasteiger partial charge on any atom is -0.462 e. The summed E-state index contributed by atoms with van der Waals surface area (Å²) in [5.74, 6) is -1.10. The van der Waals surface area contributed by atoms with E-state index in [9.17, 15) is 14.4 Å². The number of allylic oxidation sites excluding steroid dienone is 26. The number of carbonyl (C=O) groups excluding carboxylic acids is 3. The summed E-state index contributed by atoms with van der Waals surface area (Å²) in [5.41, 5.74) is 0. The Bertz CT molecular complexity index is 1490. The topological polar surface area (TPSA) is 78.9 Å². The van der Waals surface area contributed by atoms with E-state index in [0.717, 1.165) is 77.0 Å². The molecule has 0 rings (SSSR count). The average Bonchev–Trinajstić information content (AvgIpc) is 3.27. The maximum absolute atomic E-state index is 12.7. The second-order valence-electron chi connectivity index (χ2n) is 14.9. The third kappa shape index (κ3) is 46.1. The quantitative estimate of drug-likeness (QED) is 0.0265. The van der Waals surface area contributed by atoms with Gasteiger partial charge in [-0.2, -0.15) is 0 Å². The molecule has 342 valence electrons. The Kier molecular flexibility index (Phi) is 44.8. The van der Waals surface area contributed by atoms with Gasteiger partial charge in [0.1, 0.15) is 13.2 Å². The van der Waals surface area contributed by atoms with Crippen LogP contribution in [0.15, 0.2) is 158 Å². The number of esters is 3. The number of hydrogen-bond donors (Lipinski definition) is 0. The van der Waals surface area contributed by atoms with Gasteiger partial charge < -0.3 is 14.2 Å². The molecule has 0 amide bonds. The van der Waals surface area contributed by atoms with E-state index in [1.54, 1.807) is 0 Å². The van der Waals surface area contributed by atoms with Crippen molar-refractivity contribution < 1.29 is 28.6 Å². The fourth-order valence-corrected chi connectivity index (χ4v) is 5.55. The molecule has 0 aromatic heterocycles. The molecule has 0 aliphatic heterocycles. The lowest BCUT2D eigenvalue weighted by Gasteiger charge is -2.18. The molecule has 0 aliphatic rings. The highest BCUT2D eigenvalue weighted by atomic mass is 16.6. The van der Waals surface area contributed by atoms with Crippen molar-refractivity contribution in [3.63, 3.8) is 0 Å². The van der Waals surface area contributed by atoms with Crippen molar-refractivity contribution in [1.29, 1.82) is 0 Å².